The van der Waals surface area contributed by atoms with Crippen molar-refractivity contribution >= 4 is 164 Å². The van der Waals surface area contributed by atoms with Crippen LogP contribution in [0.1, 0.15) is 30.9 Å². The van der Waals surface area contributed by atoms with E-state index in [4.69, 9.17) is 52.8 Å². The number of halogens is 1. The maximum atomic E-state index is 6.53. The average molecular weight is 1950 g/mol. The number of nitrogens with zero attached hydrogens (tertiary/aromatic N) is 39. The highest BCUT2D eigenvalue weighted by molar-refractivity contribution is 6.33. The number of aryl methyl sites for hydroxylation is 11. The third-order valence-corrected chi connectivity index (χ3v) is 24.3. The predicted molar refractivity (Wildman–Crippen MR) is 547 cm³/mol. The number of ether oxygens (including phenoxy) is 4. The molecule has 0 atom stereocenters. The standard InChI is InChI=1S/C18H19N7O.C16H17ClN6O.C16H19N5O.C11H16N6.C10H13N5O.C8H11N5.2C7H9N5/c1-11-13-4-3-12(9-14(13)22-21-11)16-15-17(24(2)23-16)19-10-20-18(15)25-5-7-26-8-6-25;1-22-16-13(15(18)19-9-20-16)14(21-22)10-2-3-12(11(17)8-10)23-4-6-24-7-5-23;1-9(2)22-12-6-5-11(7-10(12)3)14-13-15(17)18-8-19-16(13)21(4)20-14;1-15-3-5-17(6-4-15)11-9-10(12-7-13-11)16(2)8-14-9;1-14-7-13-8-9(14)11-6-12-10(8)15-2-4-16-5-3-15;1-12(2)7-6-8(10-4-9-7)13(3)5-11-6;1-8-6-5-7(10-3-9-6)12(2)4-11-5;1-4-10-6(8)5-7(11-4)12(2)3-9-5/h3-4,9-10H,5-8H2,1-2H3,(H,21,22);2-3,8-9H,4-7H2,1H3,(H2,18,19,20);5-9H,1-4H3,(H2,17,18,19);7-8H,3-6H2,1-2H3;6-7H,2-5H2,1H3;4-5H,1-3H3;3-4H,1-2H3,(H,8,9,10);3H,1-2H3,(H2,8,10,11). The Hall–Kier alpha value is -16.3. The Morgan fingerprint density at radius 1 is 0.408 bits per heavy atom. The molecule has 4 aliphatic rings. The van der Waals surface area contributed by atoms with E-state index in [1.54, 1.807) is 66.3 Å². The molecule has 0 amide bonds. The fraction of sp³-hybridized carbons (Fsp3) is 0.366. The van der Waals surface area contributed by atoms with E-state index >= 15 is 0 Å². The van der Waals surface area contributed by atoms with E-state index in [1.165, 1.54) is 19.0 Å². The molecule has 0 spiro atoms. The zero-order valence-electron chi connectivity index (χ0n) is 82.2. The van der Waals surface area contributed by atoms with Gasteiger partial charge in [0.2, 0.25) is 0 Å². The Balaban J connectivity index is 0.000000113. The van der Waals surface area contributed by atoms with E-state index in [-0.39, 0.29) is 6.10 Å². The summed E-state index contributed by atoms with van der Waals surface area (Å²) in [5.74, 6) is 7.25. The molecule has 0 bridgehead atoms. The van der Waals surface area contributed by atoms with Crippen molar-refractivity contribution in [2.24, 2.45) is 56.4 Å². The fourth-order valence-electron chi connectivity index (χ4n) is 16.8. The van der Waals surface area contributed by atoms with Crippen LogP contribution in [0.25, 0.3) is 134 Å². The number of hydrogen-bond acceptors (Lipinski definition) is 39. The topological polar surface area (TPSA) is 524 Å². The second-order valence-corrected chi connectivity index (χ2v) is 34.9. The van der Waals surface area contributed by atoms with Crippen molar-refractivity contribution in [3.8, 4) is 39.5 Å². The first-order chi connectivity index (χ1) is 68.7. The molecule has 8 N–H and O–H groups in total. The van der Waals surface area contributed by atoms with Gasteiger partial charge in [0.1, 0.15) is 101 Å². The van der Waals surface area contributed by atoms with Crippen LogP contribution in [-0.2, 0) is 70.6 Å². The van der Waals surface area contributed by atoms with Crippen LogP contribution in [0.2, 0.25) is 5.02 Å². The Morgan fingerprint density at radius 3 is 1.35 bits per heavy atom. The number of nitrogens with two attached hydrogens (primary N) is 3. The fourth-order valence-corrected chi connectivity index (χ4v) is 17.1. The summed E-state index contributed by atoms with van der Waals surface area (Å²) in [5.41, 5.74) is 37.6. The summed E-state index contributed by atoms with van der Waals surface area (Å²) in [7, 11) is 23.0. The average Bonchev–Trinajstić information content (AvgIpc) is 1.61. The van der Waals surface area contributed by atoms with Gasteiger partial charge in [0.05, 0.1) is 110 Å². The van der Waals surface area contributed by atoms with E-state index in [2.05, 4.69) is 180 Å². The molecule has 0 unspecified atom stereocenters. The number of anilines is 9. The van der Waals surface area contributed by atoms with Crippen molar-refractivity contribution in [2.45, 2.75) is 40.7 Å². The summed E-state index contributed by atoms with van der Waals surface area (Å²) in [6.45, 7) is 23.4. The minimum Gasteiger partial charge on any atom is -0.491 e. The molecular weight excluding hydrogens is 1830 g/mol. The van der Waals surface area contributed by atoms with Crippen molar-refractivity contribution < 1.29 is 18.9 Å². The molecule has 736 valence electrons. The highest BCUT2D eigenvalue weighted by Crippen LogP contribution is 2.39. The maximum Gasteiger partial charge on any atom is 0.165 e. The minimum absolute atomic E-state index is 0.143. The molecule has 20 aromatic rings. The monoisotopic (exact) mass is 1940 g/mol. The lowest BCUT2D eigenvalue weighted by atomic mass is 10.1. The Morgan fingerprint density at radius 2 is 0.824 bits per heavy atom. The van der Waals surface area contributed by atoms with Crippen LogP contribution in [0.15, 0.2) is 131 Å². The van der Waals surface area contributed by atoms with Gasteiger partial charge in [0.25, 0.3) is 0 Å². The summed E-state index contributed by atoms with van der Waals surface area (Å²) in [4.78, 5) is 102. The first-order valence-electron chi connectivity index (χ1n) is 45.9. The molecular formula is C93H113ClN44O4. The van der Waals surface area contributed by atoms with E-state index < -0.39 is 0 Å². The lowest BCUT2D eigenvalue weighted by Crippen LogP contribution is -2.44. The Labute approximate surface area is 819 Å². The maximum absolute atomic E-state index is 6.53. The van der Waals surface area contributed by atoms with Gasteiger partial charge in [-0.1, -0.05) is 29.8 Å². The number of rotatable bonds is 11. The highest BCUT2D eigenvalue weighted by Gasteiger charge is 2.27. The molecule has 17 aromatic heterocycles. The first kappa shape index (κ1) is 97.3. The molecule has 3 aromatic carbocycles. The second-order valence-electron chi connectivity index (χ2n) is 34.5. The normalized spacial score (nSPS) is 13.9. The zero-order chi connectivity index (χ0) is 99.7. The summed E-state index contributed by atoms with van der Waals surface area (Å²) >= 11 is 6.53. The lowest BCUT2D eigenvalue weighted by molar-refractivity contribution is 0.122. The summed E-state index contributed by atoms with van der Waals surface area (Å²) in [5, 5.41) is 28.5. The predicted octanol–water partition coefficient (Wildman–Crippen LogP) is 8.27. The van der Waals surface area contributed by atoms with Crippen LogP contribution in [0.4, 0.5) is 52.2 Å². The Kier molecular flexibility index (Phi) is 29.4. The molecule has 142 heavy (non-hydrogen) atoms. The van der Waals surface area contributed by atoms with Gasteiger partial charge >= 0.3 is 0 Å². The molecule has 24 rings (SSSR count). The molecule has 0 radical (unpaired) electrons. The third kappa shape index (κ3) is 20.9. The van der Waals surface area contributed by atoms with E-state index in [9.17, 15) is 0 Å². The van der Waals surface area contributed by atoms with Gasteiger partial charge in [-0.25, -0.2) is 119 Å². The molecule has 4 fully saturated rings. The third-order valence-electron chi connectivity index (χ3n) is 24.0. The number of H-pyrrole nitrogens is 1. The number of piperazine rings is 1. The van der Waals surface area contributed by atoms with Gasteiger partial charge in [0.15, 0.2) is 90.8 Å². The van der Waals surface area contributed by atoms with Crippen molar-refractivity contribution in [1.29, 1.82) is 0 Å². The van der Waals surface area contributed by atoms with Crippen LogP contribution >= 0.6 is 11.6 Å². The van der Waals surface area contributed by atoms with Gasteiger partial charge in [-0.05, 0) is 83.6 Å². The largest absolute Gasteiger partial charge is 0.491 e. The van der Waals surface area contributed by atoms with Gasteiger partial charge < -0.3 is 93.7 Å². The number of fused-ring (bicyclic) bond motifs is 9. The smallest absolute Gasteiger partial charge is 0.165 e. The first-order valence-corrected chi connectivity index (χ1v) is 46.3. The van der Waals surface area contributed by atoms with Gasteiger partial charge in [-0.2, -0.15) is 20.4 Å². The number of morpholine rings is 3. The lowest BCUT2D eigenvalue weighted by Gasteiger charge is -2.33. The molecule has 4 aliphatic heterocycles. The van der Waals surface area contributed by atoms with Crippen molar-refractivity contribution in [1.82, 2.24) is 172 Å². The number of likely N-dealkylation sites (N-methyl/N-ethyl adjacent to an activating group) is 1. The van der Waals surface area contributed by atoms with Crippen LogP contribution < -0.4 is 51.8 Å². The summed E-state index contributed by atoms with van der Waals surface area (Å²) < 4.78 is 36.6. The second kappa shape index (κ2) is 43.0. The number of aromatic amines is 1. The number of nitrogen functional groups attached to an aromatic ring is 3. The quantitative estimate of drug-likeness (QED) is 0.0813. The molecule has 21 heterocycles. The molecule has 0 aliphatic carbocycles. The highest BCUT2D eigenvalue weighted by atomic mass is 35.5. The van der Waals surface area contributed by atoms with E-state index in [0.29, 0.717) is 52.7 Å². The number of benzene rings is 3. The number of nitrogens with one attached hydrogen (secondary N) is 2. The van der Waals surface area contributed by atoms with Crippen molar-refractivity contribution in [3.05, 3.63) is 153 Å². The van der Waals surface area contributed by atoms with Crippen molar-refractivity contribution in [3.63, 3.8) is 0 Å². The number of aromatic nitrogens is 34. The van der Waals surface area contributed by atoms with E-state index in [1.807, 2.05) is 181 Å². The van der Waals surface area contributed by atoms with Gasteiger partial charge in [-0.3, -0.25) is 5.10 Å². The number of imidazole rings is 5. The van der Waals surface area contributed by atoms with Crippen LogP contribution in [-0.4, -0.2) is 311 Å². The van der Waals surface area contributed by atoms with E-state index in [0.717, 1.165) is 266 Å². The van der Waals surface area contributed by atoms with Gasteiger partial charge in [0, 0.05) is 171 Å². The van der Waals surface area contributed by atoms with Gasteiger partial charge in [-0.15, -0.1) is 0 Å². The Bertz CT molecular complexity index is 7820. The van der Waals surface area contributed by atoms with Crippen molar-refractivity contribution in [2.75, 3.05) is 180 Å². The molecule has 0 saturated carbocycles. The van der Waals surface area contributed by atoms with Crippen LogP contribution in [0.5, 0.6) is 5.75 Å². The molecule has 4 saturated heterocycles. The molecule has 49 heteroatoms. The minimum atomic E-state index is 0.143. The van der Waals surface area contributed by atoms with Crippen LogP contribution in [0, 0.1) is 20.8 Å². The summed E-state index contributed by atoms with van der Waals surface area (Å²) in [6, 6.07) is 18.2. The SMILES string of the molecule is CN(C)c1ncnc2c1ncn2C.CN1CCN(c2ncnc3c2ncn3C)CC1.CNc1ncnc2c1ncn2C.Cc1[nH]nc2cc(-c3nn(C)c4ncnc(N5CCOCC5)c34)ccc12.Cc1cc(-c2nn(C)c3ncnc(N)c23)ccc1OC(C)C.Cc1nc(N)c2ncn(C)c2n1.Cn1cnc2c(N3CCOCC3)ncnc21.Cn1nc(-c2ccc(N3CCOCC3)c(Cl)c2)c2c(N)ncnc21. The number of hydrogen-bond donors (Lipinski definition) is 5. The zero-order valence-corrected chi connectivity index (χ0v) is 83.0. The van der Waals surface area contributed by atoms with Crippen LogP contribution in [0.3, 0.4) is 0 Å². The summed E-state index contributed by atoms with van der Waals surface area (Å²) in [6.07, 6.45) is 19.6. The molecule has 48 nitrogen and oxygen atoms in total.